The summed E-state index contributed by atoms with van der Waals surface area (Å²) in [6.45, 7) is 4.84. The number of rotatable bonds is 7. The molecule has 0 aromatic heterocycles. The van der Waals surface area contributed by atoms with Gasteiger partial charge in [-0.05, 0) is 74.0 Å². The van der Waals surface area contributed by atoms with E-state index in [1.807, 2.05) is 79.7 Å². The molecule has 3 aromatic rings. The van der Waals surface area contributed by atoms with Gasteiger partial charge in [-0.3, -0.25) is 0 Å². The molecule has 0 atom stereocenters. The van der Waals surface area contributed by atoms with Gasteiger partial charge in [0, 0.05) is 0 Å². The second kappa shape index (κ2) is 9.38. The van der Waals surface area contributed by atoms with Crippen molar-refractivity contribution in [2.75, 3.05) is 6.61 Å². The highest BCUT2D eigenvalue weighted by Gasteiger charge is 1.96. The van der Waals surface area contributed by atoms with Crippen molar-refractivity contribution in [2.45, 2.75) is 20.3 Å². The van der Waals surface area contributed by atoms with Crippen molar-refractivity contribution in [3.05, 3.63) is 78.4 Å². The third kappa shape index (κ3) is 5.85. The first-order chi connectivity index (χ1) is 13.2. The molecule has 0 bridgehead atoms. The van der Waals surface area contributed by atoms with Crippen molar-refractivity contribution < 1.29 is 4.74 Å². The van der Waals surface area contributed by atoms with Gasteiger partial charge in [-0.2, -0.15) is 20.5 Å². The highest BCUT2D eigenvalue weighted by atomic mass is 16.5. The third-order valence-corrected chi connectivity index (χ3v) is 3.76. The largest absolute Gasteiger partial charge is 0.494 e. The molecular formula is C22H22N4O. The van der Waals surface area contributed by atoms with Crippen LogP contribution in [0.1, 0.15) is 18.9 Å². The van der Waals surface area contributed by atoms with Crippen LogP contribution in [0.15, 0.2) is 93.3 Å². The molecule has 0 saturated carbocycles. The summed E-state index contributed by atoms with van der Waals surface area (Å²) in [6, 6.07) is 23.0. The van der Waals surface area contributed by atoms with Crippen molar-refractivity contribution in [3.63, 3.8) is 0 Å². The average Bonchev–Trinajstić information content (AvgIpc) is 2.72. The van der Waals surface area contributed by atoms with E-state index >= 15 is 0 Å². The lowest BCUT2D eigenvalue weighted by atomic mass is 10.2. The smallest absolute Gasteiger partial charge is 0.119 e. The molecule has 3 rings (SSSR count). The summed E-state index contributed by atoms with van der Waals surface area (Å²) in [6.07, 6.45) is 0.988. The molecule has 5 nitrogen and oxygen atoms in total. The van der Waals surface area contributed by atoms with Crippen molar-refractivity contribution in [2.24, 2.45) is 20.5 Å². The van der Waals surface area contributed by atoms with Gasteiger partial charge in [0.05, 0.1) is 29.4 Å². The summed E-state index contributed by atoms with van der Waals surface area (Å²) in [5.41, 5.74) is 4.34. The first kappa shape index (κ1) is 18.5. The Hall–Kier alpha value is -3.34. The van der Waals surface area contributed by atoms with E-state index in [2.05, 4.69) is 27.4 Å². The highest BCUT2D eigenvalue weighted by molar-refractivity contribution is 5.48. The number of aryl methyl sites for hydroxylation is 1. The fraction of sp³-hybridized carbons (Fsp3) is 0.182. The Kier molecular flexibility index (Phi) is 6.41. The zero-order chi connectivity index (χ0) is 18.9. The fourth-order valence-electron chi connectivity index (χ4n) is 2.26. The minimum absolute atomic E-state index is 0.717. The second-order valence-corrected chi connectivity index (χ2v) is 6.09. The number of benzene rings is 3. The number of azo groups is 2. The van der Waals surface area contributed by atoms with E-state index in [4.69, 9.17) is 4.74 Å². The molecule has 0 amide bonds. The van der Waals surface area contributed by atoms with E-state index in [1.54, 1.807) is 0 Å². The van der Waals surface area contributed by atoms with Crippen LogP contribution in [-0.2, 0) is 0 Å². The lowest BCUT2D eigenvalue weighted by Crippen LogP contribution is -1.93. The van der Waals surface area contributed by atoms with E-state index in [0.717, 1.165) is 34.9 Å². The Morgan fingerprint density at radius 1 is 0.593 bits per heavy atom. The number of hydrogen-bond donors (Lipinski definition) is 0. The number of nitrogens with zero attached hydrogens (tertiary/aromatic N) is 4. The van der Waals surface area contributed by atoms with Crippen LogP contribution in [0.25, 0.3) is 0 Å². The maximum Gasteiger partial charge on any atom is 0.119 e. The molecule has 0 fully saturated rings. The highest BCUT2D eigenvalue weighted by Crippen LogP contribution is 2.24. The van der Waals surface area contributed by atoms with Gasteiger partial charge >= 0.3 is 0 Å². The lowest BCUT2D eigenvalue weighted by Gasteiger charge is -2.03. The predicted molar refractivity (Wildman–Crippen MR) is 108 cm³/mol. The third-order valence-electron chi connectivity index (χ3n) is 3.76. The Labute approximate surface area is 159 Å². The maximum atomic E-state index is 5.56. The van der Waals surface area contributed by atoms with E-state index in [9.17, 15) is 0 Å². The Morgan fingerprint density at radius 3 is 1.37 bits per heavy atom. The molecule has 0 saturated heterocycles. The van der Waals surface area contributed by atoms with Crippen LogP contribution in [0, 0.1) is 6.92 Å². The SMILES string of the molecule is CCCOc1ccc(N=Nc2ccc(N=Nc3ccc(C)cc3)cc2)cc1. The first-order valence-corrected chi connectivity index (χ1v) is 8.96. The van der Waals surface area contributed by atoms with Gasteiger partial charge in [0.1, 0.15) is 5.75 Å². The topological polar surface area (TPSA) is 58.7 Å². The summed E-state index contributed by atoms with van der Waals surface area (Å²) in [4.78, 5) is 0. The second-order valence-electron chi connectivity index (χ2n) is 6.09. The van der Waals surface area contributed by atoms with Crippen molar-refractivity contribution in [1.82, 2.24) is 0 Å². The molecule has 27 heavy (non-hydrogen) atoms. The monoisotopic (exact) mass is 358 g/mol. The van der Waals surface area contributed by atoms with Gasteiger partial charge < -0.3 is 4.74 Å². The predicted octanol–water partition coefficient (Wildman–Crippen LogP) is 7.61. The van der Waals surface area contributed by atoms with Crippen molar-refractivity contribution in [1.29, 1.82) is 0 Å². The normalized spacial score (nSPS) is 11.3. The molecule has 0 aliphatic heterocycles. The molecule has 5 heteroatoms. The molecule has 0 heterocycles. The Morgan fingerprint density at radius 2 is 0.963 bits per heavy atom. The average molecular weight is 358 g/mol. The Balaban J connectivity index is 1.59. The number of ether oxygens (including phenoxy) is 1. The van der Waals surface area contributed by atoms with Crippen molar-refractivity contribution in [3.8, 4) is 5.75 Å². The summed E-state index contributed by atoms with van der Waals surface area (Å²) >= 11 is 0. The lowest BCUT2D eigenvalue weighted by molar-refractivity contribution is 0.317. The standard InChI is InChI=1S/C22H22N4O/c1-3-16-27-22-14-12-21(13-15-22)26-25-20-10-8-19(9-11-20)24-23-18-6-4-17(2)5-7-18/h4-15H,3,16H2,1-2H3. The van der Waals surface area contributed by atoms with Crippen LogP contribution in [-0.4, -0.2) is 6.61 Å². The summed E-state index contributed by atoms with van der Waals surface area (Å²) < 4.78 is 5.56. The van der Waals surface area contributed by atoms with E-state index in [0.29, 0.717) is 6.61 Å². The van der Waals surface area contributed by atoms with Crippen LogP contribution < -0.4 is 4.74 Å². The minimum atomic E-state index is 0.717. The summed E-state index contributed by atoms with van der Waals surface area (Å²) in [5, 5.41) is 17.0. The molecule has 0 N–H and O–H groups in total. The molecule has 0 aliphatic rings. The zero-order valence-corrected chi connectivity index (χ0v) is 15.5. The molecule has 0 aliphatic carbocycles. The maximum absolute atomic E-state index is 5.56. The van der Waals surface area contributed by atoms with E-state index < -0.39 is 0 Å². The van der Waals surface area contributed by atoms with Crippen molar-refractivity contribution >= 4 is 22.7 Å². The van der Waals surface area contributed by atoms with Crippen LogP contribution in [0.5, 0.6) is 5.75 Å². The first-order valence-electron chi connectivity index (χ1n) is 8.96. The fourth-order valence-corrected chi connectivity index (χ4v) is 2.26. The molecule has 0 unspecified atom stereocenters. The molecular weight excluding hydrogens is 336 g/mol. The molecule has 0 spiro atoms. The quantitative estimate of drug-likeness (QED) is 0.401. The summed E-state index contributed by atoms with van der Waals surface area (Å²) in [5.74, 6) is 0.846. The van der Waals surface area contributed by atoms with Crippen LogP contribution in [0.4, 0.5) is 22.7 Å². The van der Waals surface area contributed by atoms with Crippen LogP contribution >= 0.6 is 0 Å². The molecule has 3 aromatic carbocycles. The van der Waals surface area contributed by atoms with Gasteiger partial charge in [0.15, 0.2) is 0 Å². The van der Waals surface area contributed by atoms with Gasteiger partial charge in [-0.15, -0.1) is 0 Å². The van der Waals surface area contributed by atoms with Gasteiger partial charge in [0.25, 0.3) is 0 Å². The van der Waals surface area contributed by atoms with E-state index in [1.165, 1.54) is 5.56 Å². The molecule has 0 radical (unpaired) electrons. The zero-order valence-electron chi connectivity index (χ0n) is 15.5. The van der Waals surface area contributed by atoms with Gasteiger partial charge in [0.2, 0.25) is 0 Å². The van der Waals surface area contributed by atoms with Crippen LogP contribution in [0.3, 0.4) is 0 Å². The number of hydrogen-bond acceptors (Lipinski definition) is 5. The van der Waals surface area contributed by atoms with Gasteiger partial charge in [-0.1, -0.05) is 24.6 Å². The Bertz CT molecular complexity index is 899. The molecule has 136 valence electrons. The van der Waals surface area contributed by atoms with Crippen LogP contribution in [0.2, 0.25) is 0 Å². The van der Waals surface area contributed by atoms with E-state index in [-0.39, 0.29) is 0 Å². The minimum Gasteiger partial charge on any atom is -0.494 e. The summed E-state index contributed by atoms with van der Waals surface area (Å²) in [7, 11) is 0. The van der Waals surface area contributed by atoms with Gasteiger partial charge in [-0.25, -0.2) is 0 Å².